The first kappa shape index (κ1) is 13.6. The Morgan fingerprint density at radius 2 is 2.11 bits per heavy atom. The zero-order valence-corrected chi connectivity index (χ0v) is 11.8. The fourth-order valence-electron chi connectivity index (χ4n) is 1.53. The van der Waals surface area contributed by atoms with Crippen LogP contribution in [-0.4, -0.2) is 33.4 Å². The van der Waals surface area contributed by atoms with Gasteiger partial charge in [-0.1, -0.05) is 41.6 Å². The Hall–Kier alpha value is -1.82. The Morgan fingerprint density at radius 1 is 1.37 bits per heavy atom. The van der Waals surface area contributed by atoms with Crippen molar-refractivity contribution in [2.75, 3.05) is 12.3 Å². The van der Waals surface area contributed by atoms with Gasteiger partial charge in [0, 0.05) is 12.1 Å². The Bertz CT molecular complexity index is 550. The van der Waals surface area contributed by atoms with E-state index in [4.69, 9.17) is 0 Å². The predicted molar refractivity (Wildman–Crippen MR) is 76.0 cm³/mol. The third-order valence-electron chi connectivity index (χ3n) is 2.50. The van der Waals surface area contributed by atoms with Crippen LogP contribution in [0, 0.1) is 6.92 Å². The standard InChI is InChI=1S/C13H16N4OS/c1-3-14-11(18)8-19-13-15-12(16-17-13)10-6-4-9(2)5-7-10/h4-7H,3,8H2,1-2H3,(H,14,18)(H,15,16,17). The van der Waals surface area contributed by atoms with E-state index < -0.39 is 0 Å². The van der Waals surface area contributed by atoms with Gasteiger partial charge in [-0.05, 0) is 13.8 Å². The van der Waals surface area contributed by atoms with Crippen LogP contribution in [0.2, 0.25) is 0 Å². The number of nitrogens with zero attached hydrogens (tertiary/aromatic N) is 2. The van der Waals surface area contributed by atoms with Crippen LogP contribution >= 0.6 is 11.8 Å². The molecule has 0 saturated carbocycles. The van der Waals surface area contributed by atoms with E-state index in [2.05, 4.69) is 20.5 Å². The molecule has 5 nitrogen and oxygen atoms in total. The summed E-state index contributed by atoms with van der Waals surface area (Å²) in [6.07, 6.45) is 0. The molecule has 2 aromatic rings. The van der Waals surface area contributed by atoms with Crippen molar-refractivity contribution in [1.29, 1.82) is 0 Å². The second-order valence-corrected chi connectivity index (χ2v) is 5.02. The quantitative estimate of drug-likeness (QED) is 0.820. The molecule has 2 N–H and O–H groups in total. The van der Waals surface area contributed by atoms with Gasteiger partial charge in [0.05, 0.1) is 5.75 Å². The zero-order valence-electron chi connectivity index (χ0n) is 10.9. The maximum absolute atomic E-state index is 11.3. The summed E-state index contributed by atoms with van der Waals surface area (Å²) in [6.45, 7) is 4.57. The van der Waals surface area contributed by atoms with Crippen molar-refractivity contribution in [3.63, 3.8) is 0 Å². The van der Waals surface area contributed by atoms with Crippen molar-refractivity contribution in [2.24, 2.45) is 0 Å². The third kappa shape index (κ3) is 3.82. The Kier molecular flexibility index (Phi) is 4.57. The first-order valence-corrected chi connectivity index (χ1v) is 7.06. The van der Waals surface area contributed by atoms with Crippen molar-refractivity contribution >= 4 is 17.7 Å². The van der Waals surface area contributed by atoms with Crippen molar-refractivity contribution in [2.45, 2.75) is 19.0 Å². The van der Waals surface area contributed by atoms with Gasteiger partial charge in [0.15, 0.2) is 5.82 Å². The molecule has 1 aromatic heterocycles. The van der Waals surface area contributed by atoms with E-state index in [1.807, 2.05) is 38.1 Å². The number of nitrogens with one attached hydrogen (secondary N) is 2. The van der Waals surface area contributed by atoms with Crippen molar-refractivity contribution in [3.05, 3.63) is 29.8 Å². The largest absolute Gasteiger partial charge is 0.356 e. The van der Waals surface area contributed by atoms with E-state index in [9.17, 15) is 4.79 Å². The number of amides is 1. The highest BCUT2D eigenvalue weighted by atomic mass is 32.2. The van der Waals surface area contributed by atoms with Gasteiger partial charge >= 0.3 is 0 Å². The van der Waals surface area contributed by atoms with Gasteiger partial charge < -0.3 is 5.32 Å². The van der Waals surface area contributed by atoms with Gasteiger partial charge in [-0.15, -0.1) is 5.10 Å². The van der Waals surface area contributed by atoms with Crippen LogP contribution in [-0.2, 0) is 4.79 Å². The van der Waals surface area contributed by atoms with E-state index in [0.29, 0.717) is 17.5 Å². The minimum absolute atomic E-state index is 0.00538. The average molecular weight is 276 g/mol. The molecular weight excluding hydrogens is 260 g/mol. The van der Waals surface area contributed by atoms with Crippen molar-refractivity contribution in [1.82, 2.24) is 20.5 Å². The van der Waals surface area contributed by atoms with Crippen LogP contribution in [0.1, 0.15) is 12.5 Å². The molecule has 0 aliphatic rings. The van der Waals surface area contributed by atoms with E-state index in [-0.39, 0.29) is 5.91 Å². The summed E-state index contributed by atoms with van der Waals surface area (Å²) in [7, 11) is 0. The molecule has 19 heavy (non-hydrogen) atoms. The van der Waals surface area contributed by atoms with Crippen LogP contribution < -0.4 is 5.32 Å². The fourth-order valence-corrected chi connectivity index (χ4v) is 2.16. The van der Waals surface area contributed by atoms with E-state index >= 15 is 0 Å². The molecule has 0 saturated heterocycles. The number of aryl methyl sites for hydroxylation is 1. The molecule has 0 fully saturated rings. The Labute approximate surface area is 116 Å². The van der Waals surface area contributed by atoms with Crippen LogP contribution in [0.3, 0.4) is 0 Å². The first-order valence-electron chi connectivity index (χ1n) is 6.08. The molecule has 0 radical (unpaired) electrons. The minimum atomic E-state index is -0.00538. The maximum Gasteiger partial charge on any atom is 0.230 e. The highest BCUT2D eigenvalue weighted by Crippen LogP contribution is 2.19. The normalized spacial score (nSPS) is 10.4. The molecule has 0 unspecified atom stereocenters. The lowest BCUT2D eigenvalue weighted by Crippen LogP contribution is -2.24. The Morgan fingerprint density at radius 3 is 2.79 bits per heavy atom. The molecule has 1 heterocycles. The third-order valence-corrected chi connectivity index (χ3v) is 3.34. The predicted octanol–water partition coefficient (Wildman–Crippen LogP) is 2.01. The van der Waals surface area contributed by atoms with Crippen LogP contribution in [0.5, 0.6) is 0 Å². The average Bonchev–Trinajstić information content (AvgIpc) is 2.86. The number of H-pyrrole nitrogens is 1. The van der Waals surface area contributed by atoms with Crippen LogP contribution in [0.15, 0.2) is 29.4 Å². The molecule has 1 aromatic carbocycles. The maximum atomic E-state index is 11.3. The van der Waals surface area contributed by atoms with E-state index in [0.717, 1.165) is 11.4 Å². The second kappa shape index (κ2) is 6.38. The molecule has 1 amide bonds. The lowest BCUT2D eigenvalue weighted by molar-refractivity contribution is -0.118. The summed E-state index contributed by atoms with van der Waals surface area (Å²) in [4.78, 5) is 15.7. The number of thioether (sulfide) groups is 1. The molecule has 100 valence electrons. The van der Waals surface area contributed by atoms with Gasteiger partial charge in [0.1, 0.15) is 0 Å². The van der Waals surface area contributed by atoms with Gasteiger partial charge in [-0.2, -0.15) is 0 Å². The summed E-state index contributed by atoms with van der Waals surface area (Å²) in [6, 6.07) is 8.04. The fraction of sp³-hybridized carbons (Fsp3) is 0.308. The SMILES string of the molecule is CCNC(=O)CSc1n[nH]c(-c2ccc(C)cc2)n1. The molecule has 0 atom stereocenters. The number of rotatable bonds is 5. The molecule has 0 aliphatic carbocycles. The number of carbonyl (C=O) groups is 1. The smallest absolute Gasteiger partial charge is 0.230 e. The summed E-state index contributed by atoms with van der Waals surface area (Å²) >= 11 is 1.32. The van der Waals surface area contributed by atoms with Gasteiger partial charge in [-0.25, -0.2) is 4.98 Å². The number of aromatic amines is 1. The number of hydrogen-bond acceptors (Lipinski definition) is 4. The molecule has 2 rings (SSSR count). The van der Waals surface area contributed by atoms with Crippen LogP contribution in [0.25, 0.3) is 11.4 Å². The highest BCUT2D eigenvalue weighted by Gasteiger charge is 2.08. The summed E-state index contributed by atoms with van der Waals surface area (Å²) < 4.78 is 0. The van der Waals surface area contributed by atoms with Gasteiger partial charge in [-0.3, -0.25) is 9.89 Å². The molecule has 0 bridgehead atoms. The number of carbonyl (C=O) groups excluding carboxylic acids is 1. The molecular formula is C13H16N4OS. The van der Waals surface area contributed by atoms with E-state index in [1.54, 1.807) is 0 Å². The lowest BCUT2D eigenvalue weighted by atomic mass is 10.1. The van der Waals surface area contributed by atoms with Crippen molar-refractivity contribution < 1.29 is 4.79 Å². The van der Waals surface area contributed by atoms with Crippen molar-refractivity contribution in [3.8, 4) is 11.4 Å². The van der Waals surface area contributed by atoms with Gasteiger partial charge in [0.2, 0.25) is 11.1 Å². The second-order valence-electron chi connectivity index (χ2n) is 4.07. The van der Waals surface area contributed by atoms with E-state index in [1.165, 1.54) is 17.3 Å². The van der Waals surface area contributed by atoms with Gasteiger partial charge in [0.25, 0.3) is 0 Å². The number of aromatic nitrogens is 3. The number of hydrogen-bond donors (Lipinski definition) is 2. The Balaban J connectivity index is 1.99. The monoisotopic (exact) mass is 276 g/mol. The molecule has 0 spiro atoms. The molecule has 6 heteroatoms. The summed E-state index contributed by atoms with van der Waals surface area (Å²) in [5, 5.41) is 10.3. The minimum Gasteiger partial charge on any atom is -0.356 e. The first-order chi connectivity index (χ1) is 9.19. The van der Waals surface area contributed by atoms with Crippen LogP contribution in [0.4, 0.5) is 0 Å². The highest BCUT2D eigenvalue weighted by molar-refractivity contribution is 7.99. The lowest BCUT2D eigenvalue weighted by Gasteiger charge is -1.98. The number of benzene rings is 1. The molecule has 0 aliphatic heterocycles. The summed E-state index contributed by atoms with van der Waals surface area (Å²) in [5.74, 6) is 1.05. The zero-order chi connectivity index (χ0) is 13.7. The topological polar surface area (TPSA) is 70.7 Å². The summed E-state index contributed by atoms with van der Waals surface area (Å²) in [5.41, 5.74) is 2.19.